The van der Waals surface area contributed by atoms with Crippen LogP contribution in [-0.2, 0) is 4.74 Å². The van der Waals surface area contributed by atoms with Crippen molar-refractivity contribution in [1.82, 2.24) is 4.90 Å². The number of amides is 1. The van der Waals surface area contributed by atoms with Crippen LogP contribution in [0.5, 0.6) is 0 Å². The zero-order chi connectivity index (χ0) is 14.1. The molecule has 1 aromatic rings. The second-order valence-electron chi connectivity index (χ2n) is 5.66. The molecule has 2 aliphatic heterocycles. The maximum Gasteiger partial charge on any atom is 0.410 e. The average Bonchev–Trinajstić information content (AvgIpc) is 2.54. The number of fused-ring (bicyclic) bond motifs is 2. The number of hydrogen-bond donors (Lipinski definition) is 0. The lowest BCUT2D eigenvalue weighted by Crippen LogP contribution is -2.53. The number of methoxy groups -OCH3 is 1. The molecule has 3 aliphatic rings. The number of piperidine rings is 1. The van der Waals surface area contributed by atoms with Gasteiger partial charge in [-0.2, -0.15) is 0 Å². The Labute approximate surface area is 120 Å². The van der Waals surface area contributed by atoms with E-state index in [0.29, 0.717) is 11.8 Å². The van der Waals surface area contributed by atoms with Gasteiger partial charge in [0.05, 0.1) is 13.2 Å². The van der Waals surface area contributed by atoms with Gasteiger partial charge in [0.2, 0.25) is 0 Å². The van der Waals surface area contributed by atoms with E-state index in [4.69, 9.17) is 4.74 Å². The summed E-state index contributed by atoms with van der Waals surface area (Å²) in [6.45, 7) is 3.01. The first kappa shape index (κ1) is 13.2. The number of carbonyl (C=O) groups is 1. The van der Waals surface area contributed by atoms with Gasteiger partial charge < -0.3 is 9.64 Å². The van der Waals surface area contributed by atoms with E-state index < -0.39 is 0 Å². The first-order chi connectivity index (χ1) is 9.74. The molecule has 3 heteroatoms. The SMILES string of the molecule is CCC1=C[C@H]2[C@H](c3ccccc3)C[C@@H]1CN2C(=O)OC. The Bertz CT molecular complexity index is 523. The summed E-state index contributed by atoms with van der Waals surface area (Å²) in [7, 11) is 1.46. The van der Waals surface area contributed by atoms with Crippen LogP contribution in [0.3, 0.4) is 0 Å². The smallest absolute Gasteiger partial charge is 0.410 e. The number of carbonyl (C=O) groups excluding carboxylic acids is 1. The van der Waals surface area contributed by atoms with Crippen LogP contribution in [0.2, 0.25) is 0 Å². The molecule has 0 unspecified atom stereocenters. The molecule has 1 amide bonds. The summed E-state index contributed by atoms with van der Waals surface area (Å²) in [4.78, 5) is 13.9. The van der Waals surface area contributed by atoms with Crippen molar-refractivity contribution in [3.63, 3.8) is 0 Å². The first-order valence-electron chi connectivity index (χ1n) is 7.34. The third-order valence-corrected chi connectivity index (χ3v) is 4.68. The van der Waals surface area contributed by atoms with Crippen molar-refractivity contribution in [2.75, 3.05) is 13.7 Å². The van der Waals surface area contributed by atoms with E-state index in [1.807, 2.05) is 11.0 Å². The monoisotopic (exact) mass is 271 g/mol. The number of benzene rings is 1. The van der Waals surface area contributed by atoms with Crippen molar-refractivity contribution in [3.05, 3.63) is 47.5 Å². The zero-order valence-corrected chi connectivity index (χ0v) is 12.1. The third-order valence-electron chi connectivity index (χ3n) is 4.68. The third kappa shape index (κ3) is 2.11. The standard InChI is InChI=1S/C17H21NO2/c1-3-12-10-16-15(13-7-5-4-6-8-13)9-14(12)11-18(16)17(19)20-2/h4-8,10,14-16H,3,9,11H2,1-2H3/t14-,15+,16+/m1/s1. The normalized spacial score (nSPS) is 28.2. The van der Waals surface area contributed by atoms with Crippen molar-refractivity contribution in [3.8, 4) is 0 Å². The van der Waals surface area contributed by atoms with Gasteiger partial charge in [-0.1, -0.05) is 48.9 Å². The molecule has 1 saturated heterocycles. The Morgan fingerprint density at radius 3 is 2.70 bits per heavy atom. The van der Waals surface area contributed by atoms with E-state index in [0.717, 1.165) is 19.4 Å². The minimum Gasteiger partial charge on any atom is -0.453 e. The molecule has 1 aliphatic carbocycles. The molecule has 0 radical (unpaired) electrons. The average molecular weight is 271 g/mol. The molecule has 0 aromatic heterocycles. The second-order valence-corrected chi connectivity index (χ2v) is 5.66. The predicted molar refractivity (Wildman–Crippen MR) is 78.6 cm³/mol. The van der Waals surface area contributed by atoms with Crippen LogP contribution < -0.4 is 0 Å². The van der Waals surface area contributed by atoms with Gasteiger partial charge in [0.15, 0.2) is 0 Å². The summed E-state index contributed by atoms with van der Waals surface area (Å²) in [6, 6.07) is 10.7. The maximum absolute atomic E-state index is 12.0. The number of hydrogen-bond acceptors (Lipinski definition) is 2. The highest BCUT2D eigenvalue weighted by atomic mass is 16.5. The predicted octanol–water partition coefficient (Wildman–Crippen LogP) is 3.58. The van der Waals surface area contributed by atoms with Gasteiger partial charge >= 0.3 is 6.09 Å². The summed E-state index contributed by atoms with van der Waals surface area (Å²) in [6.07, 6.45) is 4.32. The van der Waals surface area contributed by atoms with Crippen LogP contribution >= 0.6 is 0 Å². The lowest BCUT2D eigenvalue weighted by molar-refractivity contribution is 0.0734. The van der Waals surface area contributed by atoms with E-state index in [-0.39, 0.29) is 12.1 Å². The van der Waals surface area contributed by atoms with E-state index in [1.165, 1.54) is 18.2 Å². The summed E-state index contributed by atoms with van der Waals surface area (Å²) in [5, 5.41) is 0. The summed E-state index contributed by atoms with van der Waals surface area (Å²) in [5.74, 6) is 0.874. The van der Waals surface area contributed by atoms with Crippen LogP contribution in [-0.4, -0.2) is 30.7 Å². The van der Waals surface area contributed by atoms with Crippen LogP contribution in [0.1, 0.15) is 31.2 Å². The van der Waals surface area contributed by atoms with E-state index in [9.17, 15) is 4.79 Å². The Kier molecular flexibility index (Phi) is 3.51. The van der Waals surface area contributed by atoms with E-state index >= 15 is 0 Å². The highest BCUT2D eigenvalue weighted by molar-refractivity contribution is 5.69. The molecule has 3 nitrogen and oxygen atoms in total. The largest absolute Gasteiger partial charge is 0.453 e. The van der Waals surface area contributed by atoms with Crippen molar-refractivity contribution in [2.45, 2.75) is 31.7 Å². The van der Waals surface area contributed by atoms with Gasteiger partial charge in [0.1, 0.15) is 0 Å². The number of rotatable bonds is 2. The molecule has 106 valence electrons. The van der Waals surface area contributed by atoms with Gasteiger partial charge in [0.25, 0.3) is 0 Å². The van der Waals surface area contributed by atoms with E-state index in [2.05, 4.69) is 37.3 Å². The molecule has 3 atom stereocenters. The fraction of sp³-hybridized carbons (Fsp3) is 0.471. The van der Waals surface area contributed by atoms with Gasteiger partial charge in [-0.05, 0) is 24.3 Å². The molecule has 0 saturated carbocycles. The minimum atomic E-state index is -0.202. The Morgan fingerprint density at radius 1 is 1.35 bits per heavy atom. The Balaban J connectivity index is 1.95. The molecule has 1 fully saturated rings. The van der Waals surface area contributed by atoms with Crippen molar-refractivity contribution in [2.24, 2.45) is 5.92 Å². The van der Waals surface area contributed by atoms with E-state index in [1.54, 1.807) is 0 Å². The first-order valence-corrected chi connectivity index (χ1v) is 7.34. The number of nitrogens with zero attached hydrogens (tertiary/aromatic N) is 1. The molecule has 4 rings (SSSR count). The molecule has 20 heavy (non-hydrogen) atoms. The van der Waals surface area contributed by atoms with Crippen LogP contribution in [0.25, 0.3) is 0 Å². The summed E-state index contributed by atoms with van der Waals surface area (Å²) in [5.41, 5.74) is 2.82. The summed E-state index contributed by atoms with van der Waals surface area (Å²) >= 11 is 0. The van der Waals surface area contributed by atoms with Crippen LogP contribution in [0.15, 0.2) is 42.0 Å². The molecular weight excluding hydrogens is 250 g/mol. The van der Waals surface area contributed by atoms with Crippen molar-refractivity contribution >= 4 is 6.09 Å². The summed E-state index contributed by atoms with van der Waals surface area (Å²) < 4.78 is 4.95. The lowest BCUT2D eigenvalue weighted by atomic mass is 9.70. The highest BCUT2D eigenvalue weighted by Crippen LogP contribution is 2.44. The second kappa shape index (κ2) is 5.31. The van der Waals surface area contributed by atoms with Gasteiger partial charge in [-0.3, -0.25) is 0 Å². The molecular formula is C17H21NO2. The van der Waals surface area contributed by atoms with Gasteiger partial charge in [0, 0.05) is 12.5 Å². The lowest BCUT2D eigenvalue weighted by Gasteiger charge is -2.48. The van der Waals surface area contributed by atoms with Gasteiger partial charge in [-0.25, -0.2) is 4.79 Å². The fourth-order valence-corrected chi connectivity index (χ4v) is 3.68. The molecule has 0 spiro atoms. The molecule has 2 heterocycles. The topological polar surface area (TPSA) is 29.5 Å². The fourth-order valence-electron chi connectivity index (χ4n) is 3.68. The Morgan fingerprint density at radius 2 is 2.10 bits per heavy atom. The quantitative estimate of drug-likeness (QED) is 0.769. The zero-order valence-electron chi connectivity index (χ0n) is 12.1. The maximum atomic E-state index is 12.0. The van der Waals surface area contributed by atoms with Crippen LogP contribution in [0.4, 0.5) is 4.79 Å². The minimum absolute atomic E-state index is 0.143. The number of ether oxygens (including phenoxy) is 1. The highest BCUT2D eigenvalue weighted by Gasteiger charge is 2.43. The van der Waals surface area contributed by atoms with Crippen molar-refractivity contribution in [1.29, 1.82) is 0 Å². The van der Waals surface area contributed by atoms with Gasteiger partial charge in [-0.15, -0.1) is 0 Å². The molecule has 0 N–H and O–H groups in total. The van der Waals surface area contributed by atoms with Crippen molar-refractivity contribution < 1.29 is 9.53 Å². The molecule has 2 bridgehead atoms. The van der Waals surface area contributed by atoms with Crippen LogP contribution in [0, 0.1) is 5.92 Å². The Hall–Kier alpha value is -1.77. The molecule has 1 aromatic carbocycles.